The van der Waals surface area contributed by atoms with Crippen molar-refractivity contribution in [3.8, 4) is 34.1 Å². The molecule has 43 heavy (non-hydrogen) atoms. The number of rotatable bonds is 3. The highest BCUT2D eigenvalue weighted by Crippen LogP contribution is 2.54. The summed E-state index contributed by atoms with van der Waals surface area (Å²) in [4.78, 5) is 2.25. The van der Waals surface area contributed by atoms with Crippen LogP contribution in [0.15, 0.2) is 132 Å². The summed E-state index contributed by atoms with van der Waals surface area (Å²) in [5.41, 5.74) is 9.70. The van der Waals surface area contributed by atoms with E-state index in [4.69, 9.17) is 13.9 Å². The molecule has 2 heterocycles. The Morgan fingerprint density at radius 3 is 2.09 bits per heavy atom. The molecule has 0 fully saturated rings. The number of benzene rings is 6. The highest BCUT2D eigenvalue weighted by molar-refractivity contribution is 6.06. The van der Waals surface area contributed by atoms with E-state index in [0.717, 1.165) is 39.0 Å². The highest BCUT2D eigenvalue weighted by atomic mass is 16.6. The van der Waals surface area contributed by atoms with Crippen LogP contribution in [0.4, 0.5) is 17.1 Å². The van der Waals surface area contributed by atoms with Gasteiger partial charge in [0, 0.05) is 27.9 Å². The van der Waals surface area contributed by atoms with Gasteiger partial charge in [-0.2, -0.15) is 0 Å². The van der Waals surface area contributed by atoms with E-state index in [1.54, 1.807) is 0 Å². The molecule has 0 unspecified atom stereocenters. The fraction of sp³-hybridized carbons (Fsp3) is 0.0769. The van der Waals surface area contributed by atoms with E-state index < -0.39 is 0 Å². The summed E-state index contributed by atoms with van der Waals surface area (Å²) >= 11 is 0. The van der Waals surface area contributed by atoms with Crippen molar-refractivity contribution in [2.24, 2.45) is 0 Å². The standard InChI is InChI=1S/C39H27NO3/c1-39(2)30-12-5-3-10-26(30)27-20-18-24(22-31(27)39)40(25-19-21-29-28-11-4-6-14-33(28)41-37(29)23-25)32-13-9-17-36-38(32)43-35-16-8-7-15-34(35)42-36/h3-23H,1-2H3. The summed E-state index contributed by atoms with van der Waals surface area (Å²) in [6.07, 6.45) is 0. The number of ether oxygens (including phenoxy) is 2. The Kier molecular flexibility index (Phi) is 4.92. The summed E-state index contributed by atoms with van der Waals surface area (Å²) < 4.78 is 19.2. The lowest BCUT2D eigenvalue weighted by Gasteiger charge is -2.31. The van der Waals surface area contributed by atoms with Crippen LogP contribution in [0.1, 0.15) is 25.0 Å². The molecule has 0 amide bonds. The van der Waals surface area contributed by atoms with Crippen LogP contribution in [0.5, 0.6) is 23.0 Å². The summed E-state index contributed by atoms with van der Waals surface area (Å²) in [6.45, 7) is 4.62. The molecule has 1 aliphatic heterocycles. The fourth-order valence-electron chi connectivity index (χ4n) is 6.82. The summed E-state index contributed by atoms with van der Waals surface area (Å²) in [7, 11) is 0. The van der Waals surface area contributed by atoms with Crippen LogP contribution >= 0.6 is 0 Å². The quantitative estimate of drug-likeness (QED) is 0.216. The van der Waals surface area contributed by atoms with Gasteiger partial charge in [0.05, 0.1) is 11.4 Å². The molecule has 206 valence electrons. The Hall–Kier alpha value is -5.48. The van der Waals surface area contributed by atoms with E-state index in [2.05, 4.69) is 91.5 Å². The van der Waals surface area contributed by atoms with E-state index in [-0.39, 0.29) is 5.41 Å². The van der Waals surface area contributed by atoms with Gasteiger partial charge in [-0.1, -0.05) is 80.6 Å². The Balaban J connectivity index is 1.27. The van der Waals surface area contributed by atoms with Crippen LogP contribution in [-0.4, -0.2) is 0 Å². The van der Waals surface area contributed by atoms with Crippen molar-refractivity contribution in [1.29, 1.82) is 0 Å². The van der Waals surface area contributed by atoms with E-state index in [0.29, 0.717) is 23.0 Å². The maximum atomic E-state index is 6.56. The minimum absolute atomic E-state index is 0.134. The zero-order chi connectivity index (χ0) is 28.7. The van der Waals surface area contributed by atoms with E-state index in [1.165, 1.54) is 22.3 Å². The van der Waals surface area contributed by atoms with Gasteiger partial charge in [-0.15, -0.1) is 0 Å². The predicted molar refractivity (Wildman–Crippen MR) is 173 cm³/mol. The molecular formula is C39H27NO3. The molecular weight excluding hydrogens is 530 g/mol. The first-order valence-corrected chi connectivity index (χ1v) is 14.6. The lowest BCUT2D eigenvalue weighted by atomic mass is 9.82. The van der Waals surface area contributed by atoms with Crippen LogP contribution in [0.2, 0.25) is 0 Å². The molecule has 9 rings (SSSR count). The molecule has 4 nitrogen and oxygen atoms in total. The normalized spacial score (nSPS) is 13.9. The summed E-state index contributed by atoms with van der Waals surface area (Å²) in [5, 5.41) is 2.20. The Bertz CT molecular complexity index is 2240. The second-order valence-corrected chi connectivity index (χ2v) is 11.8. The molecule has 0 saturated heterocycles. The number of fused-ring (bicyclic) bond motifs is 8. The van der Waals surface area contributed by atoms with E-state index >= 15 is 0 Å². The van der Waals surface area contributed by atoms with Crippen molar-refractivity contribution in [3.05, 3.63) is 139 Å². The average Bonchev–Trinajstić information content (AvgIpc) is 3.52. The maximum Gasteiger partial charge on any atom is 0.194 e. The molecule has 0 N–H and O–H groups in total. The van der Waals surface area contributed by atoms with Gasteiger partial charge < -0.3 is 18.8 Å². The van der Waals surface area contributed by atoms with Gasteiger partial charge in [0.1, 0.15) is 11.2 Å². The molecule has 1 aromatic heterocycles. The van der Waals surface area contributed by atoms with Gasteiger partial charge in [-0.3, -0.25) is 0 Å². The second-order valence-electron chi connectivity index (χ2n) is 11.8. The van der Waals surface area contributed by atoms with Crippen LogP contribution < -0.4 is 14.4 Å². The number of anilines is 3. The van der Waals surface area contributed by atoms with Gasteiger partial charge in [-0.05, 0) is 76.9 Å². The lowest BCUT2D eigenvalue weighted by Crippen LogP contribution is -2.17. The Labute approximate surface area is 249 Å². The maximum absolute atomic E-state index is 6.56. The van der Waals surface area contributed by atoms with Crippen molar-refractivity contribution < 1.29 is 13.9 Å². The molecule has 6 aromatic carbocycles. The third-order valence-corrected chi connectivity index (χ3v) is 8.93. The van der Waals surface area contributed by atoms with Gasteiger partial charge in [0.25, 0.3) is 0 Å². The molecule has 0 radical (unpaired) electrons. The zero-order valence-corrected chi connectivity index (χ0v) is 23.8. The van der Waals surface area contributed by atoms with E-state index in [1.807, 2.05) is 54.6 Å². The first-order valence-electron chi connectivity index (χ1n) is 14.6. The second kappa shape index (κ2) is 8.76. The molecule has 0 spiro atoms. The van der Waals surface area contributed by atoms with Gasteiger partial charge in [-0.25, -0.2) is 0 Å². The Morgan fingerprint density at radius 2 is 1.19 bits per heavy atom. The van der Waals surface area contributed by atoms with Crippen molar-refractivity contribution >= 4 is 39.0 Å². The van der Waals surface area contributed by atoms with Crippen molar-refractivity contribution in [1.82, 2.24) is 0 Å². The van der Waals surface area contributed by atoms with Crippen LogP contribution in [0, 0.1) is 0 Å². The molecule has 0 bridgehead atoms. The topological polar surface area (TPSA) is 34.8 Å². The molecule has 1 aliphatic carbocycles. The van der Waals surface area contributed by atoms with E-state index in [9.17, 15) is 0 Å². The van der Waals surface area contributed by atoms with Gasteiger partial charge in [0.2, 0.25) is 0 Å². The Morgan fingerprint density at radius 1 is 0.512 bits per heavy atom. The zero-order valence-electron chi connectivity index (χ0n) is 23.8. The monoisotopic (exact) mass is 557 g/mol. The fourth-order valence-corrected chi connectivity index (χ4v) is 6.82. The predicted octanol–water partition coefficient (Wildman–Crippen LogP) is 11.3. The molecule has 2 aliphatic rings. The molecule has 0 saturated carbocycles. The lowest BCUT2D eigenvalue weighted by molar-refractivity contribution is 0.360. The number of furan rings is 1. The number of hydrogen-bond donors (Lipinski definition) is 0. The first kappa shape index (κ1) is 24.2. The molecule has 4 heteroatoms. The number of para-hydroxylation sites is 4. The molecule has 7 aromatic rings. The van der Waals surface area contributed by atoms with Gasteiger partial charge >= 0.3 is 0 Å². The van der Waals surface area contributed by atoms with Gasteiger partial charge in [0.15, 0.2) is 23.0 Å². The van der Waals surface area contributed by atoms with Crippen molar-refractivity contribution in [2.45, 2.75) is 19.3 Å². The SMILES string of the molecule is CC1(C)c2ccccc2-c2ccc(N(c3ccc4c(c3)oc3ccccc34)c3cccc4c3Oc3ccccc3O4)cc21. The first-order chi connectivity index (χ1) is 21.1. The average molecular weight is 558 g/mol. The third kappa shape index (κ3) is 3.50. The van der Waals surface area contributed by atoms with Crippen LogP contribution in [-0.2, 0) is 5.41 Å². The van der Waals surface area contributed by atoms with Crippen molar-refractivity contribution in [2.75, 3.05) is 4.90 Å². The van der Waals surface area contributed by atoms with Crippen molar-refractivity contribution in [3.63, 3.8) is 0 Å². The highest BCUT2D eigenvalue weighted by Gasteiger charge is 2.36. The minimum Gasteiger partial charge on any atom is -0.456 e. The summed E-state index contributed by atoms with van der Waals surface area (Å²) in [6, 6.07) is 44.0. The minimum atomic E-state index is -0.134. The summed E-state index contributed by atoms with van der Waals surface area (Å²) in [5.74, 6) is 2.76. The van der Waals surface area contributed by atoms with Crippen LogP contribution in [0.3, 0.4) is 0 Å². The number of nitrogens with zero attached hydrogens (tertiary/aromatic N) is 1. The molecule has 0 atom stereocenters. The third-order valence-electron chi connectivity index (χ3n) is 8.93. The number of hydrogen-bond acceptors (Lipinski definition) is 4. The smallest absolute Gasteiger partial charge is 0.194 e. The van der Waals surface area contributed by atoms with Crippen LogP contribution in [0.25, 0.3) is 33.1 Å². The largest absolute Gasteiger partial charge is 0.456 e.